The van der Waals surface area contributed by atoms with E-state index in [1.807, 2.05) is 0 Å². The van der Waals surface area contributed by atoms with Crippen LogP contribution < -0.4 is 10.6 Å². The van der Waals surface area contributed by atoms with Gasteiger partial charge in [-0.25, -0.2) is 0 Å². The lowest BCUT2D eigenvalue weighted by molar-refractivity contribution is 0.195. The molecule has 1 aliphatic rings. The number of nitrogens with two attached hydrogens (primary N) is 1. The van der Waals surface area contributed by atoms with E-state index >= 15 is 0 Å². The number of hydrogen-bond acceptors (Lipinski definition) is 3. The van der Waals surface area contributed by atoms with Gasteiger partial charge in [0.1, 0.15) is 0 Å². The van der Waals surface area contributed by atoms with E-state index in [2.05, 4.69) is 48.8 Å². The molecule has 1 aromatic rings. The van der Waals surface area contributed by atoms with E-state index in [0.717, 1.165) is 32.7 Å². The van der Waals surface area contributed by atoms with Crippen LogP contribution >= 0.6 is 0 Å². The second kappa shape index (κ2) is 5.72. The summed E-state index contributed by atoms with van der Waals surface area (Å²) < 4.78 is 0. The molecule has 1 aliphatic heterocycles. The molecule has 0 aliphatic carbocycles. The van der Waals surface area contributed by atoms with E-state index in [4.69, 9.17) is 5.73 Å². The summed E-state index contributed by atoms with van der Waals surface area (Å²) in [6, 6.07) is 7.36. The van der Waals surface area contributed by atoms with Crippen LogP contribution in [0.1, 0.15) is 18.1 Å². The molecule has 1 aromatic carbocycles. The van der Waals surface area contributed by atoms with Gasteiger partial charge in [-0.2, -0.15) is 0 Å². The Labute approximate surface area is 111 Å². The molecular weight excluding hydrogens is 222 g/mol. The average Bonchev–Trinajstić information content (AvgIpc) is 2.35. The van der Waals surface area contributed by atoms with Crippen molar-refractivity contribution >= 4 is 5.69 Å². The average molecular weight is 247 g/mol. The van der Waals surface area contributed by atoms with E-state index in [1.165, 1.54) is 16.8 Å². The Morgan fingerprint density at radius 1 is 1.22 bits per heavy atom. The summed E-state index contributed by atoms with van der Waals surface area (Å²) >= 11 is 0. The summed E-state index contributed by atoms with van der Waals surface area (Å²) in [4.78, 5) is 4.97. The fourth-order valence-electron chi connectivity index (χ4n) is 2.65. The highest BCUT2D eigenvalue weighted by Crippen LogP contribution is 2.21. The van der Waals surface area contributed by atoms with Crippen LogP contribution in [0.25, 0.3) is 0 Å². The Morgan fingerprint density at radius 3 is 2.61 bits per heavy atom. The minimum atomic E-state index is 0.587. The van der Waals surface area contributed by atoms with Crippen molar-refractivity contribution in [3.63, 3.8) is 0 Å². The zero-order chi connectivity index (χ0) is 13.1. The van der Waals surface area contributed by atoms with Crippen molar-refractivity contribution in [1.29, 1.82) is 0 Å². The van der Waals surface area contributed by atoms with Crippen molar-refractivity contribution < 1.29 is 0 Å². The van der Waals surface area contributed by atoms with Crippen LogP contribution in [-0.4, -0.2) is 43.7 Å². The van der Waals surface area contributed by atoms with Crippen molar-refractivity contribution in [1.82, 2.24) is 4.90 Å². The number of aryl methyl sites for hydroxylation is 2. The van der Waals surface area contributed by atoms with Gasteiger partial charge in [-0.05, 0) is 44.0 Å². The van der Waals surface area contributed by atoms with E-state index in [1.54, 1.807) is 0 Å². The number of piperazine rings is 1. The molecule has 3 nitrogen and oxygen atoms in total. The molecule has 2 rings (SSSR count). The molecule has 0 radical (unpaired) electrons. The monoisotopic (exact) mass is 247 g/mol. The van der Waals surface area contributed by atoms with Gasteiger partial charge in [0, 0.05) is 44.5 Å². The highest BCUT2D eigenvalue weighted by atomic mass is 15.3. The first-order valence-corrected chi connectivity index (χ1v) is 6.88. The fourth-order valence-corrected chi connectivity index (χ4v) is 2.65. The summed E-state index contributed by atoms with van der Waals surface area (Å²) in [6.45, 7) is 11.7. The Hall–Kier alpha value is -1.06. The highest BCUT2D eigenvalue weighted by molar-refractivity contribution is 5.51. The molecule has 0 saturated carbocycles. The summed E-state index contributed by atoms with van der Waals surface area (Å²) in [7, 11) is 0. The molecule has 0 bridgehead atoms. The van der Waals surface area contributed by atoms with Crippen molar-refractivity contribution in [3.8, 4) is 0 Å². The van der Waals surface area contributed by atoms with Crippen molar-refractivity contribution in [2.45, 2.75) is 26.8 Å². The lowest BCUT2D eigenvalue weighted by atomic mass is 10.1. The second-order valence-corrected chi connectivity index (χ2v) is 5.39. The first kappa shape index (κ1) is 13.4. The summed E-state index contributed by atoms with van der Waals surface area (Å²) in [5.74, 6) is 0. The third kappa shape index (κ3) is 2.85. The van der Waals surface area contributed by atoms with Gasteiger partial charge in [0.15, 0.2) is 0 Å². The Bertz CT molecular complexity index is 403. The van der Waals surface area contributed by atoms with Crippen LogP contribution in [0.15, 0.2) is 18.2 Å². The van der Waals surface area contributed by atoms with Crippen molar-refractivity contribution in [3.05, 3.63) is 29.3 Å². The predicted octanol–water partition coefficient (Wildman–Crippen LogP) is 1.77. The lowest BCUT2D eigenvalue weighted by Gasteiger charge is -2.41. The maximum Gasteiger partial charge on any atom is 0.0370 e. The molecule has 18 heavy (non-hydrogen) atoms. The normalized spacial score (nSPS) is 21.3. The molecule has 0 amide bonds. The SMILES string of the molecule is Cc1ccc(N2CCN(CCN)C(C)C2)cc1C. The molecule has 1 unspecified atom stereocenters. The molecular formula is C15H25N3. The minimum absolute atomic E-state index is 0.587. The van der Waals surface area contributed by atoms with Gasteiger partial charge in [-0.3, -0.25) is 4.90 Å². The molecule has 2 N–H and O–H groups in total. The summed E-state index contributed by atoms with van der Waals surface area (Å²) in [6.07, 6.45) is 0. The Kier molecular flexibility index (Phi) is 4.25. The summed E-state index contributed by atoms with van der Waals surface area (Å²) in [5, 5.41) is 0. The van der Waals surface area contributed by atoms with Gasteiger partial charge in [-0.1, -0.05) is 6.07 Å². The summed E-state index contributed by atoms with van der Waals surface area (Å²) in [5.41, 5.74) is 9.76. The fraction of sp³-hybridized carbons (Fsp3) is 0.600. The molecule has 1 heterocycles. The predicted molar refractivity (Wildman–Crippen MR) is 78.2 cm³/mol. The van der Waals surface area contributed by atoms with Gasteiger partial charge in [0.2, 0.25) is 0 Å². The molecule has 1 atom stereocenters. The molecule has 0 spiro atoms. The van der Waals surface area contributed by atoms with Crippen LogP contribution in [0.3, 0.4) is 0 Å². The van der Waals surface area contributed by atoms with E-state index in [9.17, 15) is 0 Å². The third-order valence-corrected chi connectivity index (χ3v) is 4.04. The maximum atomic E-state index is 5.65. The zero-order valence-electron chi connectivity index (χ0n) is 11.8. The van der Waals surface area contributed by atoms with Crippen LogP contribution in [0.4, 0.5) is 5.69 Å². The quantitative estimate of drug-likeness (QED) is 0.883. The number of anilines is 1. The van der Waals surface area contributed by atoms with E-state index in [-0.39, 0.29) is 0 Å². The maximum absolute atomic E-state index is 5.65. The van der Waals surface area contributed by atoms with E-state index in [0.29, 0.717) is 6.04 Å². The van der Waals surface area contributed by atoms with Gasteiger partial charge >= 0.3 is 0 Å². The van der Waals surface area contributed by atoms with Crippen LogP contribution in [-0.2, 0) is 0 Å². The molecule has 100 valence electrons. The van der Waals surface area contributed by atoms with Gasteiger partial charge in [0.25, 0.3) is 0 Å². The van der Waals surface area contributed by atoms with E-state index < -0.39 is 0 Å². The first-order valence-electron chi connectivity index (χ1n) is 6.88. The van der Waals surface area contributed by atoms with Crippen LogP contribution in [0.5, 0.6) is 0 Å². The smallest absolute Gasteiger partial charge is 0.0370 e. The molecule has 1 fully saturated rings. The Morgan fingerprint density at radius 2 is 2.00 bits per heavy atom. The third-order valence-electron chi connectivity index (χ3n) is 4.04. The number of hydrogen-bond donors (Lipinski definition) is 1. The van der Waals surface area contributed by atoms with Crippen LogP contribution in [0, 0.1) is 13.8 Å². The molecule has 3 heteroatoms. The van der Waals surface area contributed by atoms with Crippen LogP contribution in [0.2, 0.25) is 0 Å². The standard InChI is InChI=1S/C15H25N3/c1-12-4-5-15(10-13(12)2)18-9-8-17(7-6-16)14(3)11-18/h4-5,10,14H,6-9,11,16H2,1-3H3. The second-order valence-electron chi connectivity index (χ2n) is 5.39. The number of rotatable bonds is 3. The van der Waals surface area contributed by atoms with Crippen molar-refractivity contribution in [2.75, 3.05) is 37.6 Å². The van der Waals surface area contributed by atoms with Gasteiger partial charge in [0.05, 0.1) is 0 Å². The highest BCUT2D eigenvalue weighted by Gasteiger charge is 2.23. The van der Waals surface area contributed by atoms with Gasteiger partial charge < -0.3 is 10.6 Å². The minimum Gasteiger partial charge on any atom is -0.369 e. The van der Waals surface area contributed by atoms with Crippen molar-refractivity contribution in [2.24, 2.45) is 5.73 Å². The molecule has 0 aromatic heterocycles. The number of nitrogens with zero attached hydrogens (tertiary/aromatic N) is 2. The number of benzene rings is 1. The Balaban J connectivity index is 2.05. The topological polar surface area (TPSA) is 32.5 Å². The molecule has 1 saturated heterocycles. The lowest BCUT2D eigenvalue weighted by Crippen LogP contribution is -2.53. The largest absolute Gasteiger partial charge is 0.369 e. The first-order chi connectivity index (χ1) is 8.61. The van der Waals surface area contributed by atoms with Gasteiger partial charge in [-0.15, -0.1) is 0 Å². The zero-order valence-corrected chi connectivity index (χ0v) is 11.8.